The van der Waals surface area contributed by atoms with Gasteiger partial charge in [-0.1, -0.05) is 41.9 Å². The number of urea groups is 1. The van der Waals surface area contributed by atoms with Crippen molar-refractivity contribution in [1.82, 2.24) is 4.90 Å². The summed E-state index contributed by atoms with van der Waals surface area (Å²) >= 11 is 8.20. The summed E-state index contributed by atoms with van der Waals surface area (Å²) in [5.74, 6) is 0.914. The number of rotatable bonds is 2. The van der Waals surface area contributed by atoms with Crippen LogP contribution in [0.2, 0.25) is 5.02 Å². The van der Waals surface area contributed by atoms with Gasteiger partial charge in [0.25, 0.3) is 0 Å². The van der Waals surface area contributed by atoms with Gasteiger partial charge in [0.2, 0.25) is 0 Å². The van der Waals surface area contributed by atoms with E-state index in [1.807, 2.05) is 66.1 Å². The van der Waals surface area contributed by atoms with Gasteiger partial charge in [-0.05, 0) is 42.7 Å². The lowest BCUT2D eigenvalue weighted by Gasteiger charge is -2.21. The molecule has 1 saturated heterocycles. The molecule has 0 bridgehead atoms. The lowest BCUT2D eigenvalue weighted by molar-refractivity contribution is 0.215. The zero-order valence-corrected chi connectivity index (χ0v) is 15.2. The van der Waals surface area contributed by atoms with Gasteiger partial charge in [0.1, 0.15) is 0 Å². The van der Waals surface area contributed by atoms with Gasteiger partial charge in [-0.3, -0.25) is 0 Å². The monoisotopic (exact) mass is 360 g/mol. The third-order valence-electron chi connectivity index (χ3n) is 4.15. The lowest BCUT2D eigenvalue weighted by atomic mass is 10.1. The minimum absolute atomic E-state index is 0.0268. The van der Waals surface area contributed by atoms with E-state index in [0.29, 0.717) is 5.25 Å². The first-order valence-electron chi connectivity index (χ1n) is 8.12. The largest absolute Gasteiger partial charge is 0.324 e. The molecule has 5 heteroatoms. The van der Waals surface area contributed by atoms with Crippen molar-refractivity contribution in [2.45, 2.75) is 18.6 Å². The molecule has 2 amide bonds. The van der Waals surface area contributed by atoms with Crippen LogP contribution in [0.3, 0.4) is 0 Å². The van der Waals surface area contributed by atoms with Gasteiger partial charge >= 0.3 is 6.03 Å². The highest BCUT2D eigenvalue weighted by molar-refractivity contribution is 7.99. The fourth-order valence-electron chi connectivity index (χ4n) is 2.88. The van der Waals surface area contributed by atoms with E-state index in [1.165, 1.54) is 5.56 Å². The minimum Gasteiger partial charge on any atom is -0.324 e. The van der Waals surface area contributed by atoms with E-state index in [-0.39, 0.29) is 6.03 Å². The van der Waals surface area contributed by atoms with E-state index in [1.54, 1.807) is 0 Å². The normalized spacial score (nSPS) is 18.1. The topological polar surface area (TPSA) is 32.3 Å². The standard InChI is InChI=1S/C19H21ClN2OS/c1-14-5-4-6-15(13-14)21-19(23)22-10-9-18(24-12-11-22)16-7-2-3-8-17(16)20/h2-8,13,18H,9-12H2,1H3,(H,21,23). The summed E-state index contributed by atoms with van der Waals surface area (Å²) in [5.41, 5.74) is 3.16. The molecular weight excluding hydrogens is 340 g/mol. The maximum Gasteiger partial charge on any atom is 0.321 e. The van der Waals surface area contributed by atoms with Crippen molar-refractivity contribution in [2.24, 2.45) is 0 Å². The fourth-order valence-corrected chi connectivity index (χ4v) is 4.48. The smallest absolute Gasteiger partial charge is 0.321 e. The van der Waals surface area contributed by atoms with Crippen LogP contribution in [0.15, 0.2) is 48.5 Å². The zero-order valence-electron chi connectivity index (χ0n) is 13.7. The molecule has 1 heterocycles. The van der Waals surface area contributed by atoms with Crippen LogP contribution >= 0.6 is 23.4 Å². The molecule has 3 rings (SSSR count). The Kier molecular flexibility index (Phi) is 5.69. The van der Waals surface area contributed by atoms with E-state index in [9.17, 15) is 4.79 Å². The highest BCUT2D eigenvalue weighted by Gasteiger charge is 2.23. The summed E-state index contributed by atoms with van der Waals surface area (Å²) in [6.45, 7) is 3.51. The third-order valence-corrected chi connectivity index (χ3v) is 5.80. The van der Waals surface area contributed by atoms with Crippen molar-refractivity contribution >= 4 is 35.1 Å². The van der Waals surface area contributed by atoms with Gasteiger partial charge in [-0.15, -0.1) is 0 Å². The predicted molar refractivity (Wildman–Crippen MR) is 103 cm³/mol. The second-order valence-electron chi connectivity index (χ2n) is 5.96. The number of thioether (sulfide) groups is 1. The number of hydrogen-bond acceptors (Lipinski definition) is 2. The molecule has 1 N–H and O–H groups in total. The number of anilines is 1. The van der Waals surface area contributed by atoms with Crippen molar-refractivity contribution < 1.29 is 4.79 Å². The van der Waals surface area contributed by atoms with Gasteiger partial charge in [-0.25, -0.2) is 4.79 Å². The van der Waals surface area contributed by atoms with E-state index in [0.717, 1.165) is 41.5 Å². The summed E-state index contributed by atoms with van der Waals surface area (Å²) in [5, 5.41) is 4.15. The molecule has 3 nitrogen and oxygen atoms in total. The number of benzene rings is 2. The average Bonchev–Trinajstić information content (AvgIpc) is 2.81. The number of carbonyl (C=O) groups is 1. The number of nitrogens with one attached hydrogen (secondary N) is 1. The van der Waals surface area contributed by atoms with Gasteiger partial charge in [0.15, 0.2) is 0 Å². The second-order valence-corrected chi connectivity index (χ2v) is 7.67. The summed E-state index contributed by atoms with van der Waals surface area (Å²) in [7, 11) is 0. The van der Waals surface area contributed by atoms with Crippen molar-refractivity contribution in [1.29, 1.82) is 0 Å². The van der Waals surface area contributed by atoms with Crippen LogP contribution in [0.4, 0.5) is 10.5 Å². The molecule has 1 unspecified atom stereocenters. The van der Waals surface area contributed by atoms with E-state index < -0.39 is 0 Å². The first kappa shape index (κ1) is 17.2. The first-order chi connectivity index (χ1) is 11.6. The molecule has 0 aromatic heterocycles. The van der Waals surface area contributed by atoms with Crippen molar-refractivity contribution in [3.8, 4) is 0 Å². The third kappa shape index (κ3) is 4.25. The summed E-state index contributed by atoms with van der Waals surface area (Å²) in [4.78, 5) is 14.4. The van der Waals surface area contributed by atoms with Crippen molar-refractivity contribution in [3.63, 3.8) is 0 Å². The van der Waals surface area contributed by atoms with E-state index in [2.05, 4.69) is 11.4 Å². The molecule has 1 aliphatic rings. The van der Waals surface area contributed by atoms with Crippen LogP contribution in [-0.4, -0.2) is 29.8 Å². The predicted octanol–water partition coefficient (Wildman–Crippen LogP) is 5.36. The maximum atomic E-state index is 12.5. The molecule has 2 aromatic rings. The highest BCUT2D eigenvalue weighted by Crippen LogP contribution is 2.37. The van der Waals surface area contributed by atoms with Crippen LogP contribution in [0, 0.1) is 6.92 Å². The molecule has 0 saturated carbocycles. The molecule has 2 aromatic carbocycles. The Morgan fingerprint density at radius 2 is 2.04 bits per heavy atom. The summed E-state index contributed by atoms with van der Waals surface area (Å²) in [6, 6.07) is 15.8. The summed E-state index contributed by atoms with van der Waals surface area (Å²) in [6.07, 6.45) is 0.912. The van der Waals surface area contributed by atoms with Crippen LogP contribution < -0.4 is 5.32 Å². The quantitative estimate of drug-likeness (QED) is 0.781. The average molecular weight is 361 g/mol. The van der Waals surface area contributed by atoms with E-state index in [4.69, 9.17) is 11.6 Å². The Bertz CT molecular complexity index is 722. The zero-order chi connectivity index (χ0) is 16.9. The Balaban J connectivity index is 1.63. The molecule has 24 heavy (non-hydrogen) atoms. The SMILES string of the molecule is Cc1cccc(NC(=O)N2CCSC(c3ccccc3Cl)CC2)c1. The molecule has 126 valence electrons. The minimum atomic E-state index is -0.0268. The Hall–Kier alpha value is -1.65. The second kappa shape index (κ2) is 7.95. The van der Waals surface area contributed by atoms with E-state index >= 15 is 0 Å². The van der Waals surface area contributed by atoms with Gasteiger partial charge in [0.05, 0.1) is 0 Å². The molecule has 0 spiro atoms. The van der Waals surface area contributed by atoms with Gasteiger partial charge in [-0.2, -0.15) is 11.8 Å². The molecule has 0 radical (unpaired) electrons. The number of carbonyl (C=O) groups excluding carboxylic acids is 1. The van der Waals surface area contributed by atoms with Crippen LogP contribution in [0.5, 0.6) is 0 Å². The number of halogens is 1. The molecule has 1 atom stereocenters. The Morgan fingerprint density at radius 3 is 2.83 bits per heavy atom. The maximum absolute atomic E-state index is 12.5. The number of aryl methyl sites for hydroxylation is 1. The van der Waals surface area contributed by atoms with Crippen molar-refractivity contribution in [3.05, 3.63) is 64.7 Å². The molecule has 0 aliphatic carbocycles. The van der Waals surface area contributed by atoms with Gasteiger partial charge < -0.3 is 10.2 Å². The highest BCUT2D eigenvalue weighted by atomic mass is 35.5. The van der Waals surface area contributed by atoms with Gasteiger partial charge in [0, 0.05) is 34.8 Å². The molecule has 1 aliphatic heterocycles. The first-order valence-corrected chi connectivity index (χ1v) is 9.55. The Morgan fingerprint density at radius 1 is 1.21 bits per heavy atom. The fraction of sp³-hybridized carbons (Fsp3) is 0.316. The molecular formula is C19H21ClN2OS. The van der Waals surface area contributed by atoms with Crippen molar-refractivity contribution in [2.75, 3.05) is 24.2 Å². The van der Waals surface area contributed by atoms with Crippen LogP contribution in [0.25, 0.3) is 0 Å². The molecule has 1 fully saturated rings. The van der Waals surface area contributed by atoms with Crippen LogP contribution in [0.1, 0.15) is 22.8 Å². The number of nitrogens with zero attached hydrogens (tertiary/aromatic N) is 1. The number of amides is 2. The lowest BCUT2D eigenvalue weighted by Crippen LogP contribution is -2.36. The van der Waals surface area contributed by atoms with Crippen LogP contribution in [-0.2, 0) is 0 Å². The Labute approximate surface area is 152 Å². The number of hydrogen-bond donors (Lipinski definition) is 1. The summed E-state index contributed by atoms with van der Waals surface area (Å²) < 4.78 is 0.